The van der Waals surface area contributed by atoms with Gasteiger partial charge in [-0.3, -0.25) is 19.3 Å². The molecule has 4 aromatic rings. The van der Waals surface area contributed by atoms with Crippen molar-refractivity contribution in [2.24, 2.45) is 11.8 Å². The molecule has 2 atom stereocenters. The Morgan fingerprint density at radius 3 is 2.20 bits per heavy atom. The van der Waals surface area contributed by atoms with Crippen LogP contribution in [-0.4, -0.2) is 35.2 Å². The highest BCUT2D eigenvalue weighted by Crippen LogP contribution is 2.40. The molecule has 0 bridgehead atoms. The molecule has 0 N–H and O–H groups in total. The van der Waals surface area contributed by atoms with Crippen molar-refractivity contribution in [1.82, 2.24) is 4.98 Å². The second kappa shape index (κ2) is 10.5. The number of aryl methyl sites for hydroxylation is 1. The summed E-state index contributed by atoms with van der Waals surface area (Å²) in [6.45, 7) is 1.56. The molecule has 0 spiro atoms. The minimum absolute atomic E-state index is 0.114. The highest BCUT2D eigenvalue weighted by molar-refractivity contribution is 6.22. The molecule has 1 aliphatic heterocycles. The Bertz CT molecular complexity index is 1620. The van der Waals surface area contributed by atoms with Crippen molar-refractivity contribution in [2.45, 2.75) is 32.6 Å². The van der Waals surface area contributed by atoms with E-state index in [1.165, 1.54) is 4.90 Å². The van der Waals surface area contributed by atoms with Crippen LogP contribution in [0.15, 0.2) is 78.9 Å². The summed E-state index contributed by atoms with van der Waals surface area (Å²) in [4.78, 5) is 57.8. The molecule has 2 fully saturated rings. The van der Waals surface area contributed by atoms with E-state index in [0.717, 1.165) is 36.8 Å². The lowest BCUT2D eigenvalue weighted by Crippen LogP contribution is -2.30. The van der Waals surface area contributed by atoms with E-state index in [-0.39, 0.29) is 36.0 Å². The van der Waals surface area contributed by atoms with Crippen molar-refractivity contribution in [1.29, 1.82) is 0 Å². The van der Waals surface area contributed by atoms with Crippen LogP contribution in [-0.2, 0) is 14.3 Å². The summed E-state index contributed by atoms with van der Waals surface area (Å²) in [6, 6.07) is 23.1. The number of benzene rings is 3. The van der Waals surface area contributed by atoms with Crippen LogP contribution in [0.3, 0.4) is 0 Å². The van der Waals surface area contributed by atoms with Gasteiger partial charge in [0.1, 0.15) is 0 Å². The van der Waals surface area contributed by atoms with Gasteiger partial charge in [0, 0.05) is 16.5 Å². The first-order valence-electron chi connectivity index (χ1n) is 13.6. The molecule has 1 saturated carbocycles. The Balaban J connectivity index is 1.26. The van der Waals surface area contributed by atoms with E-state index in [2.05, 4.69) is 0 Å². The lowest BCUT2D eigenvalue weighted by atomic mass is 9.81. The normalized spacial score (nSPS) is 18.6. The number of fused-ring (bicyclic) bond motifs is 2. The summed E-state index contributed by atoms with van der Waals surface area (Å²) in [7, 11) is 0. The predicted molar refractivity (Wildman–Crippen MR) is 151 cm³/mol. The fourth-order valence-electron chi connectivity index (χ4n) is 5.72. The molecule has 7 heteroatoms. The van der Waals surface area contributed by atoms with Crippen molar-refractivity contribution in [3.8, 4) is 11.3 Å². The number of ketones is 1. The molecule has 2 aliphatic rings. The lowest BCUT2D eigenvalue weighted by Gasteiger charge is -2.19. The number of hydrogen-bond donors (Lipinski definition) is 0. The number of carbonyl (C=O) groups excluding carboxylic acids is 4. The van der Waals surface area contributed by atoms with E-state index < -0.39 is 5.97 Å². The van der Waals surface area contributed by atoms with Crippen molar-refractivity contribution >= 4 is 40.2 Å². The van der Waals surface area contributed by atoms with Gasteiger partial charge in [-0.05, 0) is 44.0 Å². The number of nitrogens with zero attached hydrogens (tertiary/aromatic N) is 2. The van der Waals surface area contributed by atoms with Gasteiger partial charge < -0.3 is 4.74 Å². The number of pyridine rings is 1. The van der Waals surface area contributed by atoms with Crippen LogP contribution in [0.5, 0.6) is 0 Å². The van der Waals surface area contributed by atoms with Crippen LogP contribution in [0.1, 0.15) is 52.0 Å². The summed E-state index contributed by atoms with van der Waals surface area (Å²) in [5.74, 6) is -1.56. The molecule has 0 radical (unpaired) electrons. The molecule has 2 unspecified atom stereocenters. The molecule has 2 heterocycles. The maximum absolute atomic E-state index is 13.2. The molecular weight excluding hydrogens is 504 g/mol. The molecule has 200 valence electrons. The Morgan fingerprint density at radius 2 is 1.52 bits per heavy atom. The predicted octanol–water partition coefficient (Wildman–Crippen LogP) is 5.93. The van der Waals surface area contributed by atoms with Crippen LogP contribution in [0.4, 0.5) is 5.69 Å². The Hall–Kier alpha value is -4.65. The topological polar surface area (TPSA) is 93.6 Å². The van der Waals surface area contributed by atoms with Gasteiger partial charge in [-0.15, -0.1) is 0 Å². The monoisotopic (exact) mass is 532 g/mol. The van der Waals surface area contributed by atoms with Crippen LogP contribution < -0.4 is 4.90 Å². The van der Waals surface area contributed by atoms with Crippen molar-refractivity contribution in [3.63, 3.8) is 0 Å². The summed E-state index contributed by atoms with van der Waals surface area (Å²) in [6.07, 6.45) is 3.48. The number of esters is 1. The Morgan fingerprint density at radius 1 is 0.875 bits per heavy atom. The number of anilines is 1. The van der Waals surface area contributed by atoms with Crippen LogP contribution in [0.2, 0.25) is 0 Å². The number of imide groups is 1. The smallest absolute Gasteiger partial charge is 0.339 e. The zero-order chi connectivity index (χ0) is 27.8. The number of para-hydroxylation sites is 1. The fraction of sp³-hybridized carbons (Fsp3) is 0.242. The van der Waals surface area contributed by atoms with Gasteiger partial charge in [0.15, 0.2) is 12.4 Å². The number of rotatable bonds is 6. The van der Waals surface area contributed by atoms with Crippen molar-refractivity contribution in [2.75, 3.05) is 11.5 Å². The molecule has 1 saturated heterocycles. The van der Waals surface area contributed by atoms with Crippen LogP contribution >= 0.6 is 0 Å². The molecule has 7 nitrogen and oxygen atoms in total. The van der Waals surface area contributed by atoms with E-state index in [1.807, 2.05) is 37.3 Å². The first-order chi connectivity index (χ1) is 19.4. The average Bonchev–Trinajstić information content (AvgIpc) is 3.25. The molecule has 2 amide bonds. The maximum atomic E-state index is 13.2. The molecule has 6 rings (SSSR count). The number of hydrogen-bond acceptors (Lipinski definition) is 6. The van der Waals surface area contributed by atoms with Crippen LogP contribution in [0, 0.1) is 18.8 Å². The van der Waals surface area contributed by atoms with E-state index in [1.54, 1.807) is 48.5 Å². The van der Waals surface area contributed by atoms with Crippen molar-refractivity contribution < 1.29 is 23.9 Å². The summed E-state index contributed by atoms with van der Waals surface area (Å²) < 4.78 is 5.43. The highest BCUT2D eigenvalue weighted by atomic mass is 16.5. The maximum Gasteiger partial charge on any atom is 0.339 e. The second-order valence-corrected chi connectivity index (χ2v) is 10.5. The van der Waals surface area contributed by atoms with Gasteiger partial charge in [0.25, 0.3) is 0 Å². The van der Waals surface area contributed by atoms with Crippen LogP contribution in [0.25, 0.3) is 22.2 Å². The van der Waals surface area contributed by atoms with E-state index >= 15 is 0 Å². The third-order valence-electron chi connectivity index (χ3n) is 7.91. The Kier molecular flexibility index (Phi) is 6.72. The van der Waals surface area contributed by atoms with E-state index in [4.69, 9.17) is 9.72 Å². The van der Waals surface area contributed by atoms with Gasteiger partial charge in [-0.2, -0.15) is 0 Å². The number of carbonyl (C=O) groups is 4. The fourth-order valence-corrected chi connectivity index (χ4v) is 5.72. The zero-order valence-corrected chi connectivity index (χ0v) is 22.1. The second-order valence-electron chi connectivity index (χ2n) is 10.5. The van der Waals surface area contributed by atoms with Gasteiger partial charge in [-0.1, -0.05) is 73.0 Å². The standard InChI is InChI=1S/C33H28N2O5/c1-20-10-12-22(13-11-20)30(36)19-40-33(39)27-18-29(34-28-9-5-4-6-24(27)28)21-14-16-23(17-15-21)35-31(37)25-7-2-3-8-26(25)32(35)38/h4-6,9-18,25-26H,2-3,7-8,19H2,1H3. The third-order valence-corrected chi connectivity index (χ3v) is 7.91. The molecule has 3 aromatic carbocycles. The van der Waals surface area contributed by atoms with Gasteiger partial charge in [-0.25, -0.2) is 9.78 Å². The molecule has 1 aliphatic carbocycles. The summed E-state index contributed by atoms with van der Waals surface area (Å²) in [5, 5.41) is 0.617. The highest BCUT2D eigenvalue weighted by Gasteiger charge is 2.48. The largest absolute Gasteiger partial charge is 0.454 e. The molecule has 1 aromatic heterocycles. The molecule has 40 heavy (non-hydrogen) atoms. The number of ether oxygens (including phenoxy) is 1. The third kappa shape index (κ3) is 4.68. The number of aromatic nitrogens is 1. The summed E-state index contributed by atoms with van der Waals surface area (Å²) in [5.41, 5.74) is 4.22. The summed E-state index contributed by atoms with van der Waals surface area (Å²) >= 11 is 0. The van der Waals surface area contributed by atoms with Crippen molar-refractivity contribution in [3.05, 3.63) is 95.6 Å². The van der Waals surface area contributed by atoms with E-state index in [9.17, 15) is 19.2 Å². The average molecular weight is 533 g/mol. The van der Waals surface area contributed by atoms with Gasteiger partial charge in [0.05, 0.1) is 34.3 Å². The first-order valence-corrected chi connectivity index (χ1v) is 13.6. The zero-order valence-electron chi connectivity index (χ0n) is 22.1. The SMILES string of the molecule is Cc1ccc(C(=O)COC(=O)c2cc(-c3ccc(N4C(=O)C5CCCCC5C4=O)cc3)nc3ccccc23)cc1. The molecular formula is C33H28N2O5. The Labute approximate surface area is 231 Å². The van der Waals surface area contributed by atoms with Gasteiger partial charge in [0.2, 0.25) is 11.8 Å². The lowest BCUT2D eigenvalue weighted by molar-refractivity contribution is -0.122. The minimum Gasteiger partial charge on any atom is -0.454 e. The van der Waals surface area contributed by atoms with Gasteiger partial charge >= 0.3 is 5.97 Å². The van der Waals surface area contributed by atoms with E-state index in [0.29, 0.717) is 33.4 Å². The number of Topliss-reactive ketones (excluding diaryl/α,β-unsaturated/α-hetero) is 1. The quantitative estimate of drug-likeness (QED) is 0.174. The number of amides is 2. The first kappa shape index (κ1) is 25.6. The minimum atomic E-state index is -0.618.